The Morgan fingerprint density at radius 3 is 2.06 bits per heavy atom. The second kappa shape index (κ2) is 10.4. The van der Waals surface area contributed by atoms with Gasteiger partial charge < -0.3 is 0 Å². The first-order valence-electron chi connectivity index (χ1n) is 10.0. The summed E-state index contributed by atoms with van der Waals surface area (Å²) in [5, 5.41) is 0. The molecule has 2 aromatic carbocycles. The monoisotopic (exact) mass is 461 g/mol. The van der Waals surface area contributed by atoms with Crippen LogP contribution in [-0.4, -0.2) is 28.8 Å². The van der Waals surface area contributed by atoms with Crippen molar-refractivity contribution >= 4 is 20.1 Å². The van der Waals surface area contributed by atoms with E-state index < -0.39 is 32.3 Å². The van der Waals surface area contributed by atoms with E-state index in [1.807, 2.05) is 18.2 Å². The van der Waals surface area contributed by atoms with E-state index in [0.717, 1.165) is 24.7 Å². The molecule has 31 heavy (non-hydrogen) atoms. The van der Waals surface area contributed by atoms with E-state index in [0.29, 0.717) is 17.5 Å². The lowest BCUT2D eigenvalue weighted by molar-refractivity contribution is 0.175. The van der Waals surface area contributed by atoms with Crippen molar-refractivity contribution in [3.63, 3.8) is 0 Å². The SMILES string of the molecule is CS(=O)(=O)O[C@H](c1ccccc1)[C@@H](NS(=O)(=O)CCC1=CCC=CC1)c1ccccc1. The third-order valence-corrected chi connectivity index (χ3v) is 6.87. The van der Waals surface area contributed by atoms with Gasteiger partial charge in [0, 0.05) is 0 Å². The Hall–Kier alpha value is -2.26. The van der Waals surface area contributed by atoms with Crippen molar-refractivity contribution in [2.75, 3.05) is 12.0 Å². The lowest BCUT2D eigenvalue weighted by Gasteiger charge is -2.28. The zero-order valence-corrected chi connectivity index (χ0v) is 19.0. The predicted molar refractivity (Wildman–Crippen MR) is 122 cm³/mol. The molecular formula is C23H27NO5S2. The van der Waals surface area contributed by atoms with Crippen molar-refractivity contribution in [2.45, 2.75) is 31.4 Å². The van der Waals surface area contributed by atoms with Gasteiger partial charge in [0.25, 0.3) is 10.1 Å². The maximum atomic E-state index is 13.0. The summed E-state index contributed by atoms with van der Waals surface area (Å²) in [6.07, 6.45) is 8.03. The topological polar surface area (TPSA) is 89.5 Å². The molecule has 0 unspecified atom stereocenters. The van der Waals surface area contributed by atoms with E-state index in [1.165, 1.54) is 0 Å². The normalized spacial score (nSPS) is 16.5. The van der Waals surface area contributed by atoms with Crippen LogP contribution in [0.25, 0.3) is 0 Å². The van der Waals surface area contributed by atoms with Crippen molar-refractivity contribution < 1.29 is 21.0 Å². The zero-order chi connectivity index (χ0) is 22.3. The van der Waals surface area contributed by atoms with Gasteiger partial charge in [-0.25, -0.2) is 13.1 Å². The predicted octanol–water partition coefficient (Wildman–Crippen LogP) is 4.03. The summed E-state index contributed by atoms with van der Waals surface area (Å²) in [4.78, 5) is 0. The van der Waals surface area contributed by atoms with Crippen LogP contribution in [0.1, 0.15) is 42.5 Å². The number of benzene rings is 2. The average molecular weight is 462 g/mol. The van der Waals surface area contributed by atoms with Crippen LogP contribution in [0.3, 0.4) is 0 Å². The second-order valence-electron chi connectivity index (χ2n) is 7.48. The fraction of sp³-hybridized carbons (Fsp3) is 0.304. The molecule has 1 aliphatic carbocycles. The fourth-order valence-corrected chi connectivity index (χ4v) is 5.36. The summed E-state index contributed by atoms with van der Waals surface area (Å²) in [5.74, 6) is -0.0869. The molecular weight excluding hydrogens is 434 g/mol. The van der Waals surface area contributed by atoms with Gasteiger partial charge in [-0.3, -0.25) is 4.18 Å². The van der Waals surface area contributed by atoms with Crippen LogP contribution in [0.15, 0.2) is 84.5 Å². The van der Waals surface area contributed by atoms with Gasteiger partial charge in [-0.15, -0.1) is 0 Å². The van der Waals surface area contributed by atoms with Gasteiger partial charge in [-0.1, -0.05) is 84.5 Å². The molecule has 2 atom stereocenters. The highest BCUT2D eigenvalue weighted by atomic mass is 32.2. The third-order valence-electron chi connectivity index (χ3n) is 4.96. The molecule has 3 rings (SSSR count). The van der Waals surface area contributed by atoms with Gasteiger partial charge >= 0.3 is 0 Å². The van der Waals surface area contributed by atoms with Gasteiger partial charge in [-0.2, -0.15) is 8.42 Å². The third kappa shape index (κ3) is 7.43. The molecule has 0 radical (unpaired) electrons. The number of hydrogen-bond donors (Lipinski definition) is 1. The van der Waals surface area contributed by atoms with Gasteiger partial charge in [0.15, 0.2) is 0 Å². The number of rotatable bonds is 10. The minimum absolute atomic E-state index is 0.0869. The van der Waals surface area contributed by atoms with E-state index in [1.54, 1.807) is 54.6 Å². The number of hydrogen-bond acceptors (Lipinski definition) is 5. The Labute approximate surface area is 184 Å². The van der Waals surface area contributed by atoms with Crippen LogP contribution < -0.4 is 4.72 Å². The minimum atomic E-state index is -3.86. The summed E-state index contributed by atoms with van der Waals surface area (Å²) in [7, 11) is -7.59. The van der Waals surface area contributed by atoms with Crippen molar-refractivity contribution in [3.8, 4) is 0 Å². The summed E-state index contributed by atoms with van der Waals surface area (Å²) >= 11 is 0. The van der Waals surface area contributed by atoms with Crippen LogP contribution in [0, 0.1) is 0 Å². The van der Waals surface area contributed by atoms with Gasteiger partial charge in [0.2, 0.25) is 10.0 Å². The maximum absolute atomic E-state index is 13.0. The molecule has 166 valence electrons. The van der Waals surface area contributed by atoms with Crippen molar-refractivity contribution in [1.82, 2.24) is 4.72 Å². The van der Waals surface area contributed by atoms with Crippen LogP contribution in [0.2, 0.25) is 0 Å². The molecule has 0 spiro atoms. The van der Waals surface area contributed by atoms with Crippen LogP contribution in [-0.2, 0) is 24.3 Å². The minimum Gasteiger partial charge on any atom is -0.260 e. The lowest BCUT2D eigenvalue weighted by Crippen LogP contribution is -2.36. The molecule has 1 aliphatic rings. The van der Waals surface area contributed by atoms with Gasteiger partial charge in [0.05, 0.1) is 18.1 Å². The zero-order valence-electron chi connectivity index (χ0n) is 17.3. The second-order valence-corrected chi connectivity index (χ2v) is 11.0. The first-order chi connectivity index (χ1) is 14.7. The van der Waals surface area contributed by atoms with Gasteiger partial charge in [0.1, 0.15) is 6.10 Å². The first-order valence-corrected chi connectivity index (χ1v) is 13.5. The Morgan fingerprint density at radius 1 is 0.903 bits per heavy atom. The molecule has 0 fully saturated rings. The average Bonchev–Trinajstić information content (AvgIpc) is 2.76. The maximum Gasteiger partial charge on any atom is 0.265 e. The van der Waals surface area contributed by atoms with E-state index in [9.17, 15) is 16.8 Å². The Kier molecular flexibility index (Phi) is 7.83. The lowest BCUT2D eigenvalue weighted by atomic mass is 9.97. The molecule has 0 bridgehead atoms. The van der Waals surface area contributed by atoms with Crippen LogP contribution >= 0.6 is 0 Å². The largest absolute Gasteiger partial charge is 0.265 e. The van der Waals surface area contributed by atoms with Gasteiger partial charge in [-0.05, 0) is 30.4 Å². The number of nitrogens with one attached hydrogen (secondary N) is 1. The molecule has 0 saturated heterocycles. The molecule has 0 saturated carbocycles. The van der Waals surface area contributed by atoms with Crippen molar-refractivity contribution in [3.05, 3.63) is 95.6 Å². The molecule has 8 heteroatoms. The molecule has 6 nitrogen and oxygen atoms in total. The van der Waals surface area contributed by atoms with E-state index >= 15 is 0 Å². The highest BCUT2D eigenvalue weighted by Crippen LogP contribution is 2.34. The standard InChI is InChI=1S/C23H27NO5S2/c1-30(25,26)29-23(21-15-9-4-10-16-21)22(20-13-7-3-8-14-20)24-31(27,28)18-17-19-11-5-2-6-12-19/h2-5,7-10,12-16,22-24H,6,11,17-18H2,1H3/t22-,23+/m0/s1. The van der Waals surface area contributed by atoms with Crippen molar-refractivity contribution in [2.24, 2.45) is 0 Å². The summed E-state index contributed by atoms with van der Waals surface area (Å²) in [6.45, 7) is 0. The molecule has 2 aromatic rings. The summed E-state index contributed by atoms with van der Waals surface area (Å²) < 4.78 is 58.2. The number of sulfonamides is 1. The van der Waals surface area contributed by atoms with Crippen LogP contribution in [0.5, 0.6) is 0 Å². The van der Waals surface area contributed by atoms with E-state index in [-0.39, 0.29) is 5.75 Å². The van der Waals surface area contributed by atoms with E-state index in [4.69, 9.17) is 4.18 Å². The molecule has 1 N–H and O–H groups in total. The molecule has 0 heterocycles. The Bertz CT molecular complexity index is 1130. The molecule has 0 aliphatic heterocycles. The smallest absolute Gasteiger partial charge is 0.260 e. The number of allylic oxidation sites excluding steroid dienone is 4. The summed E-state index contributed by atoms with van der Waals surface area (Å²) in [5.41, 5.74) is 2.25. The fourth-order valence-electron chi connectivity index (χ4n) is 3.47. The Balaban J connectivity index is 1.91. The Morgan fingerprint density at radius 2 is 1.52 bits per heavy atom. The molecule has 0 amide bonds. The highest BCUT2D eigenvalue weighted by molar-refractivity contribution is 7.89. The van der Waals surface area contributed by atoms with E-state index in [2.05, 4.69) is 10.8 Å². The van der Waals surface area contributed by atoms with Crippen LogP contribution in [0.4, 0.5) is 0 Å². The summed E-state index contributed by atoms with van der Waals surface area (Å²) in [6, 6.07) is 16.7. The quantitative estimate of drug-likeness (QED) is 0.426. The molecule has 0 aromatic heterocycles. The first kappa shape index (κ1) is 23.4. The highest BCUT2D eigenvalue weighted by Gasteiger charge is 2.32. The van der Waals surface area contributed by atoms with Crippen molar-refractivity contribution in [1.29, 1.82) is 0 Å².